The van der Waals surface area contributed by atoms with Gasteiger partial charge in [0, 0.05) is 0 Å². The van der Waals surface area contributed by atoms with Crippen molar-refractivity contribution in [3.63, 3.8) is 0 Å². The molecule has 36 heavy (non-hydrogen) atoms. The number of allylic oxidation sites excluding steroid dienone is 4. The van der Waals surface area contributed by atoms with E-state index in [4.69, 9.17) is 0 Å². The van der Waals surface area contributed by atoms with Crippen LogP contribution in [-0.2, 0) is 27.7 Å². The predicted molar refractivity (Wildman–Crippen MR) is 151 cm³/mol. The summed E-state index contributed by atoms with van der Waals surface area (Å²) in [4.78, 5) is 0. The fraction of sp³-hybridized carbons (Fsp3) is 0.171. The Hall–Kier alpha value is -2.89. The predicted octanol–water partition coefficient (Wildman–Crippen LogP) is 8.43. The van der Waals surface area contributed by atoms with Gasteiger partial charge in [-0.15, -0.1) is 0 Å². The molecule has 1 fully saturated rings. The van der Waals surface area contributed by atoms with Gasteiger partial charge in [0.05, 0.1) is 0 Å². The van der Waals surface area contributed by atoms with Crippen LogP contribution in [0.25, 0.3) is 33.4 Å². The first kappa shape index (κ1) is 22.3. The standard InChI is InChI=1S/C25H17.C5H8.C5H5.Zr/c1-3-7-18(8-4-1)20-11-13-22-15-23-14-12-21(17-25(23)24(22)16-20)19-9-5-2-6-10-19;2*1-2-4-5-3-1;/h1-13,16-17H,15H2;1-4H2;1-3H,4H2;. The number of hydrogen-bond donors (Lipinski definition) is 0. The Labute approximate surface area is 222 Å². The van der Waals surface area contributed by atoms with Crippen molar-refractivity contribution in [3.05, 3.63) is 124 Å². The van der Waals surface area contributed by atoms with Crippen molar-refractivity contribution in [1.82, 2.24) is 0 Å². The molecule has 4 aromatic rings. The third kappa shape index (κ3) is 3.99. The Morgan fingerprint density at radius 2 is 1.31 bits per heavy atom. The zero-order valence-electron chi connectivity index (χ0n) is 20.6. The molecule has 1 saturated carbocycles. The third-order valence-corrected chi connectivity index (χ3v) is 16.0. The van der Waals surface area contributed by atoms with Crippen LogP contribution in [0.1, 0.15) is 43.2 Å². The fourth-order valence-electron chi connectivity index (χ4n) is 6.38. The second kappa shape index (κ2) is 9.53. The molecule has 3 aliphatic rings. The third-order valence-electron chi connectivity index (χ3n) is 8.15. The summed E-state index contributed by atoms with van der Waals surface area (Å²) in [5.41, 5.74) is 11.4. The SMILES string of the molecule is C1=CC[C]([Zr](=[C]2CCCC2)[c]2cc(-c3ccccc3)cc3c2Cc2ccc(-c4ccccc4)cc2-3)=C1. The monoisotopic (exact) mass is 540 g/mol. The zero-order chi connectivity index (χ0) is 23.9. The molecule has 0 nitrogen and oxygen atoms in total. The van der Waals surface area contributed by atoms with Crippen LogP contribution in [0.15, 0.2) is 113 Å². The van der Waals surface area contributed by atoms with Crippen LogP contribution in [0.2, 0.25) is 0 Å². The zero-order valence-corrected chi connectivity index (χ0v) is 23.1. The molecule has 0 unspecified atom stereocenters. The van der Waals surface area contributed by atoms with E-state index in [1.54, 1.807) is 12.1 Å². The van der Waals surface area contributed by atoms with Gasteiger partial charge in [-0.3, -0.25) is 0 Å². The first-order valence-corrected chi connectivity index (χ1v) is 17.0. The summed E-state index contributed by atoms with van der Waals surface area (Å²) >= 11 is -2.14. The molecule has 0 N–H and O–H groups in total. The number of hydrogen-bond acceptors (Lipinski definition) is 0. The van der Waals surface area contributed by atoms with E-state index in [0.29, 0.717) is 0 Å². The Morgan fingerprint density at radius 1 is 0.611 bits per heavy atom. The summed E-state index contributed by atoms with van der Waals surface area (Å²) in [6, 6.07) is 34.2. The second-order valence-electron chi connectivity index (χ2n) is 10.3. The molecule has 0 spiro atoms. The van der Waals surface area contributed by atoms with E-state index < -0.39 is 21.3 Å². The van der Waals surface area contributed by atoms with E-state index in [1.165, 1.54) is 71.0 Å². The Balaban J connectivity index is 1.47. The van der Waals surface area contributed by atoms with Gasteiger partial charge < -0.3 is 0 Å². The van der Waals surface area contributed by atoms with Gasteiger partial charge in [-0.1, -0.05) is 0 Å². The Bertz CT molecular complexity index is 1540. The molecule has 1 heteroatoms. The van der Waals surface area contributed by atoms with Gasteiger partial charge in [0.15, 0.2) is 0 Å². The second-order valence-corrected chi connectivity index (χ2v) is 16.8. The normalized spacial score (nSPS) is 15.7. The molecule has 174 valence electrons. The van der Waals surface area contributed by atoms with Crippen LogP contribution in [-0.4, -0.2) is 3.21 Å². The van der Waals surface area contributed by atoms with E-state index in [0.717, 1.165) is 6.42 Å². The van der Waals surface area contributed by atoms with Crippen molar-refractivity contribution in [3.8, 4) is 33.4 Å². The summed E-state index contributed by atoms with van der Waals surface area (Å²) in [6.45, 7) is 0. The fourth-order valence-corrected chi connectivity index (χ4v) is 14.8. The summed E-state index contributed by atoms with van der Waals surface area (Å²) in [5.74, 6) is 0. The molecule has 0 aliphatic heterocycles. The quantitative estimate of drug-likeness (QED) is 0.214. The summed E-state index contributed by atoms with van der Waals surface area (Å²) in [5, 5.41) is 0. The van der Waals surface area contributed by atoms with Crippen LogP contribution in [0.5, 0.6) is 0 Å². The van der Waals surface area contributed by atoms with Crippen molar-refractivity contribution in [1.29, 1.82) is 0 Å². The van der Waals surface area contributed by atoms with Gasteiger partial charge in [0.25, 0.3) is 0 Å². The van der Waals surface area contributed by atoms with Gasteiger partial charge in [-0.05, 0) is 0 Å². The maximum absolute atomic E-state index is 2.62. The van der Waals surface area contributed by atoms with Crippen LogP contribution in [0.4, 0.5) is 0 Å². The van der Waals surface area contributed by atoms with E-state index in [2.05, 4.69) is 109 Å². The number of fused-ring (bicyclic) bond motifs is 3. The van der Waals surface area contributed by atoms with Gasteiger partial charge in [-0.2, -0.15) is 0 Å². The van der Waals surface area contributed by atoms with Crippen molar-refractivity contribution < 1.29 is 21.3 Å². The molecular formula is C35H30Zr. The summed E-state index contributed by atoms with van der Waals surface area (Å²) in [6.07, 6.45) is 14.9. The summed E-state index contributed by atoms with van der Waals surface area (Å²) < 4.78 is 5.47. The molecule has 0 saturated heterocycles. The van der Waals surface area contributed by atoms with Gasteiger partial charge in [0.1, 0.15) is 0 Å². The minimum atomic E-state index is -2.14. The van der Waals surface area contributed by atoms with E-state index in [-0.39, 0.29) is 0 Å². The van der Waals surface area contributed by atoms with E-state index >= 15 is 0 Å². The molecule has 7 rings (SSSR count). The average Bonchev–Trinajstić information content (AvgIpc) is 3.72. The van der Waals surface area contributed by atoms with Gasteiger partial charge >= 0.3 is 223 Å². The number of rotatable bonds is 4. The van der Waals surface area contributed by atoms with Crippen molar-refractivity contribution in [2.24, 2.45) is 0 Å². The summed E-state index contributed by atoms with van der Waals surface area (Å²) in [7, 11) is 0. The van der Waals surface area contributed by atoms with Crippen LogP contribution >= 0.6 is 0 Å². The molecule has 0 atom stereocenters. The maximum atomic E-state index is 2.62. The average molecular weight is 542 g/mol. The van der Waals surface area contributed by atoms with Gasteiger partial charge in [0.2, 0.25) is 0 Å². The molecular weight excluding hydrogens is 512 g/mol. The Kier molecular flexibility index (Phi) is 5.91. The molecule has 0 radical (unpaired) electrons. The molecule has 3 aliphatic carbocycles. The molecule has 0 amide bonds. The van der Waals surface area contributed by atoms with E-state index in [9.17, 15) is 0 Å². The van der Waals surface area contributed by atoms with Crippen LogP contribution in [0.3, 0.4) is 0 Å². The first-order valence-electron chi connectivity index (χ1n) is 13.3. The topological polar surface area (TPSA) is 0 Å². The molecule has 0 heterocycles. The molecule has 0 aromatic heterocycles. The Morgan fingerprint density at radius 3 is 2.00 bits per heavy atom. The molecule has 0 bridgehead atoms. The van der Waals surface area contributed by atoms with Crippen LogP contribution in [0, 0.1) is 0 Å². The van der Waals surface area contributed by atoms with Crippen molar-refractivity contribution >= 4 is 6.48 Å². The van der Waals surface area contributed by atoms with E-state index in [1.807, 2.05) is 3.21 Å². The van der Waals surface area contributed by atoms with Gasteiger partial charge in [-0.25, -0.2) is 0 Å². The number of benzene rings is 4. The molecule has 4 aromatic carbocycles. The van der Waals surface area contributed by atoms with Crippen LogP contribution < -0.4 is 3.27 Å². The van der Waals surface area contributed by atoms with Crippen molar-refractivity contribution in [2.75, 3.05) is 0 Å². The minimum absolute atomic E-state index is 1.09. The first-order chi connectivity index (χ1) is 17.8. The van der Waals surface area contributed by atoms with Crippen molar-refractivity contribution in [2.45, 2.75) is 38.5 Å².